The number of pyridine rings is 1. The molecule has 28 heavy (non-hydrogen) atoms. The Morgan fingerprint density at radius 2 is 1.71 bits per heavy atom. The van der Waals surface area contributed by atoms with E-state index in [0.29, 0.717) is 12.1 Å². The molecule has 0 aliphatic carbocycles. The van der Waals surface area contributed by atoms with E-state index in [9.17, 15) is 13.2 Å². The lowest BCUT2D eigenvalue weighted by Gasteiger charge is -2.11. The van der Waals surface area contributed by atoms with Crippen LogP contribution in [0.25, 0.3) is 0 Å². The Hall–Kier alpha value is -2.90. The van der Waals surface area contributed by atoms with E-state index in [1.807, 2.05) is 6.92 Å². The molecule has 0 radical (unpaired) electrons. The lowest BCUT2D eigenvalue weighted by molar-refractivity contribution is 0.0951. The fraction of sp³-hybridized carbons (Fsp3) is 0.100. The first-order valence-corrected chi connectivity index (χ1v) is 10.3. The van der Waals surface area contributed by atoms with Crippen molar-refractivity contribution in [3.63, 3.8) is 0 Å². The maximum Gasteiger partial charge on any atom is 0.261 e. The molecule has 8 heteroatoms. The summed E-state index contributed by atoms with van der Waals surface area (Å²) in [5.74, 6) is -0.313. The first-order chi connectivity index (χ1) is 13.3. The Bertz CT molecular complexity index is 1090. The summed E-state index contributed by atoms with van der Waals surface area (Å²) in [5.41, 5.74) is 2.40. The van der Waals surface area contributed by atoms with Crippen molar-refractivity contribution < 1.29 is 13.2 Å². The van der Waals surface area contributed by atoms with Crippen molar-refractivity contribution >= 4 is 33.2 Å². The molecule has 1 aromatic heterocycles. The fourth-order valence-electron chi connectivity index (χ4n) is 2.45. The van der Waals surface area contributed by atoms with Gasteiger partial charge in [0, 0.05) is 24.5 Å². The number of nitrogens with zero attached hydrogens (tertiary/aromatic N) is 1. The van der Waals surface area contributed by atoms with E-state index >= 15 is 0 Å². The molecule has 0 bridgehead atoms. The van der Waals surface area contributed by atoms with Gasteiger partial charge in [-0.05, 0) is 55.0 Å². The highest BCUT2D eigenvalue weighted by atomic mass is 35.5. The SMILES string of the molecule is Cc1ccc(S(=O)(=O)Nc2ccc(C(=O)NCc3ccncc3)cc2Cl)cc1. The summed E-state index contributed by atoms with van der Waals surface area (Å²) < 4.78 is 27.4. The van der Waals surface area contributed by atoms with Gasteiger partial charge in [-0.2, -0.15) is 0 Å². The molecule has 0 aliphatic rings. The van der Waals surface area contributed by atoms with Crippen LogP contribution in [0.5, 0.6) is 0 Å². The third-order valence-corrected chi connectivity index (χ3v) is 5.70. The minimum absolute atomic E-state index is 0.132. The number of carbonyl (C=O) groups is 1. The molecule has 2 N–H and O–H groups in total. The van der Waals surface area contributed by atoms with Gasteiger partial charge in [-0.15, -0.1) is 0 Å². The molecular formula is C20H18ClN3O3S. The highest BCUT2D eigenvalue weighted by Gasteiger charge is 2.16. The van der Waals surface area contributed by atoms with Crippen LogP contribution < -0.4 is 10.0 Å². The third kappa shape index (κ3) is 4.88. The van der Waals surface area contributed by atoms with E-state index in [0.717, 1.165) is 11.1 Å². The van der Waals surface area contributed by atoms with Gasteiger partial charge in [0.25, 0.3) is 15.9 Å². The first kappa shape index (κ1) is 19.9. The number of aryl methyl sites for hydroxylation is 1. The van der Waals surface area contributed by atoms with Gasteiger partial charge in [0.15, 0.2) is 0 Å². The molecule has 6 nitrogen and oxygen atoms in total. The number of aromatic nitrogens is 1. The Morgan fingerprint density at radius 3 is 2.36 bits per heavy atom. The van der Waals surface area contributed by atoms with Gasteiger partial charge in [-0.25, -0.2) is 8.42 Å². The van der Waals surface area contributed by atoms with Gasteiger partial charge in [0.05, 0.1) is 15.6 Å². The van der Waals surface area contributed by atoms with Crippen LogP contribution in [0.3, 0.4) is 0 Å². The highest BCUT2D eigenvalue weighted by Crippen LogP contribution is 2.26. The number of sulfonamides is 1. The third-order valence-electron chi connectivity index (χ3n) is 4.01. The molecule has 2 aromatic carbocycles. The van der Waals surface area contributed by atoms with Crippen LogP contribution in [0, 0.1) is 6.92 Å². The molecule has 0 atom stereocenters. The van der Waals surface area contributed by atoms with Gasteiger partial charge >= 0.3 is 0 Å². The number of nitrogens with one attached hydrogen (secondary N) is 2. The maximum absolute atomic E-state index is 12.5. The van der Waals surface area contributed by atoms with Crippen molar-refractivity contribution in [2.75, 3.05) is 4.72 Å². The molecule has 0 spiro atoms. The Balaban J connectivity index is 1.71. The number of anilines is 1. The molecule has 0 saturated heterocycles. The predicted octanol–water partition coefficient (Wildman–Crippen LogP) is 3.77. The van der Waals surface area contributed by atoms with Crippen molar-refractivity contribution in [2.45, 2.75) is 18.4 Å². The van der Waals surface area contributed by atoms with Crippen LogP contribution in [-0.2, 0) is 16.6 Å². The zero-order valence-electron chi connectivity index (χ0n) is 15.0. The average molecular weight is 416 g/mol. The molecular weight excluding hydrogens is 398 g/mol. The van der Waals surface area contributed by atoms with Crippen molar-refractivity contribution in [1.82, 2.24) is 10.3 Å². The van der Waals surface area contributed by atoms with Gasteiger partial charge < -0.3 is 5.32 Å². The molecule has 3 aromatic rings. The molecule has 1 amide bonds. The molecule has 0 unspecified atom stereocenters. The standard InChI is InChI=1S/C20H18ClN3O3S/c1-14-2-5-17(6-3-14)28(26,27)24-19-7-4-16(12-18(19)21)20(25)23-13-15-8-10-22-11-9-15/h2-12,24H,13H2,1H3,(H,23,25). The molecule has 3 rings (SSSR count). The highest BCUT2D eigenvalue weighted by molar-refractivity contribution is 7.92. The van der Waals surface area contributed by atoms with Gasteiger partial charge in [-0.3, -0.25) is 14.5 Å². The van der Waals surface area contributed by atoms with E-state index < -0.39 is 10.0 Å². The summed E-state index contributed by atoms with van der Waals surface area (Å²) in [5, 5.41) is 2.91. The fourth-order valence-corrected chi connectivity index (χ4v) is 3.81. The number of amides is 1. The second-order valence-electron chi connectivity index (χ2n) is 6.15. The minimum atomic E-state index is -3.77. The molecule has 0 aliphatic heterocycles. The average Bonchev–Trinajstić information content (AvgIpc) is 2.68. The Kier molecular flexibility index (Phi) is 5.96. The molecule has 0 saturated carbocycles. The molecule has 1 heterocycles. The summed E-state index contributed by atoms with van der Waals surface area (Å²) in [6.07, 6.45) is 3.29. The summed E-state index contributed by atoms with van der Waals surface area (Å²) in [7, 11) is -3.77. The number of benzene rings is 2. The second-order valence-corrected chi connectivity index (χ2v) is 8.24. The van der Waals surface area contributed by atoms with Gasteiger partial charge in [-0.1, -0.05) is 29.3 Å². The van der Waals surface area contributed by atoms with Crippen LogP contribution in [0.1, 0.15) is 21.5 Å². The van der Waals surface area contributed by atoms with Crippen LogP contribution >= 0.6 is 11.6 Å². The smallest absolute Gasteiger partial charge is 0.261 e. The van der Waals surface area contributed by atoms with Crippen molar-refractivity contribution in [1.29, 1.82) is 0 Å². The largest absolute Gasteiger partial charge is 0.348 e. The quantitative estimate of drug-likeness (QED) is 0.641. The van der Waals surface area contributed by atoms with Crippen LogP contribution in [0.2, 0.25) is 5.02 Å². The van der Waals surface area contributed by atoms with E-state index in [1.165, 1.54) is 30.3 Å². The maximum atomic E-state index is 12.5. The number of hydrogen-bond acceptors (Lipinski definition) is 4. The molecule has 144 valence electrons. The second kappa shape index (κ2) is 8.41. The zero-order valence-corrected chi connectivity index (χ0v) is 16.6. The lowest BCUT2D eigenvalue weighted by atomic mass is 10.2. The van der Waals surface area contributed by atoms with E-state index in [4.69, 9.17) is 11.6 Å². The van der Waals surface area contributed by atoms with Crippen LogP contribution in [0.4, 0.5) is 5.69 Å². The van der Waals surface area contributed by atoms with Crippen molar-refractivity contribution in [3.8, 4) is 0 Å². The normalized spacial score (nSPS) is 11.1. The monoisotopic (exact) mass is 415 g/mol. The summed E-state index contributed by atoms with van der Waals surface area (Å²) in [6, 6.07) is 14.5. The Labute approximate surface area is 168 Å². The number of hydrogen-bond donors (Lipinski definition) is 2. The lowest BCUT2D eigenvalue weighted by Crippen LogP contribution is -2.23. The van der Waals surface area contributed by atoms with E-state index in [2.05, 4.69) is 15.0 Å². The van der Waals surface area contributed by atoms with E-state index in [-0.39, 0.29) is 21.5 Å². The van der Waals surface area contributed by atoms with Crippen molar-refractivity contribution in [3.05, 3.63) is 88.7 Å². The first-order valence-electron chi connectivity index (χ1n) is 8.41. The summed E-state index contributed by atoms with van der Waals surface area (Å²) >= 11 is 6.19. The number of halogens is 1. The number of carbonyl (C=O) groups excluding carboxylic acids is 1. The van der Waals surface area contributed by atoms with Crippen LogP contribution in [-0.4, -0.2) is 19.3 Å². The van der Waals surface area contributed by atoms with Gasteiger partial charge in [0.1, 0.15) is 0 Å². The summed E-state index contributed by atoms with van der Waals surface area (Å²) in [4.78, 5) is 16.3. The van der Waals surface area contributed by atoms with Crippen LogP contribution in [0.15, 0.2) is 71.9 Å². The topological polar surface area (TPSA) is 88.2 Å². The minimum Gasteiger partial charge on any atom is -0.348 e. The predicted molar refractivity (Wildman–Crippen MR) is 109 cm³/mol. The zero-order chi connectivity index (χ0) is 20.1. The van der Waals surface area contributed by atoms with Crippen molar-refractivity contribution in [2.24, 2.45) is 0 Å². The molecule has 0 fully saturated rings. The van der Waals surface area contributed by atoms with E-state index in [1.54, 1.807) is 36.7 Å². The Morgan fingerprint density at radius 1 is 1.04 bits per heavy atom. The van der Waals surface area contributed by atoms with Gasteiger partial charge in [0.2, 0.25) is 0 Å². The summed E-state index contributed by atoms with van der Waals surface area (Å²) in [6.45, 7) is 2.22. The number of rotatable bonds is 6.